The molecule has 2 heterocycles. The molecule has 0 bridgehead atoms. The number of thioether (sulfide) groups is 1. The molecule has 1 aliphatic heterocycles. The van der Waals surface area contributed by atoms with E-state index in [1.54, 1.807) is 4.90 Å². The van der Waals surface area contributed by atoms with E-state index in [9.17, 15) is 13.2 Å². The first-order valence-corrected chi connectivity index (χ1v) is 10.6. The molecule has 1 amide bonds. The minimum absolute atomic E-state index is 0.0248. The Bertz CT molecular complexity index is 690. The molecule has 2 unspecified atom stereocenters. The van der Waals surface area contributed by atoms with Crippen molar-refractivity contribution in [3.8, 4) is 0 Å². The number of nitrogens with zero attached hydrogens (tertiary/aromatic N) is 3. The molecular formula is C14H23N5O3S2. The Morgan fingerprint density at radius 2 is 2.04 bits per heavy atom. The molecule has 1 saturated heterocycles. The molecule has 0 aliphatic carbocycles. The van der Waals surface area contributed by atoms with Crippen molar-refractivity contribution in [2.75, 3.05) is 28.7 Å². The maximum Gasteiger partial charge on any atom is 0.233 e. The highest BCUT2D eigenvalue weighted by Gasteiger charge is 2.36. The van der Waals surface area contributed by atoms with Crippen molar-refractivity contribution in [3.63, 3.8) is 0 Å². The van der Waals surface area contributed by atoms with E-state index in [0.29, 0.717) is 11.6 Å². The second kappa shape index (κ2) is 7.56. The quantitative estimate of drug-likeness (QED) is 0.545. The van der Waals surface area contributed by atoms with Gasteiger partial charge in [0.2, 0.25) is 5.91 Å². The first-order chi connectivity index (χ1) is 11.2. The number of anilines is 2. The van der Waals surface area contributed by atoms with Crippen LogP contribution in [0.15, 0.2) is 11.2 Å². The van der Waals surface area contributed by atoms with Gasteiger partial charge in [0.15, 0.2) is 15.0 Å². The Balaban J connectivity index is 2.08. The fourth-order valence-electron chi connectivity index (χ4n) is 2.73. The van der Waals surface area contributed by atoms with Crippen LogP contribution in [0.25, 0.3) is 0 Å². The summed E-state index contributed by atoms with van der Waals surface area (Å²) < 4.78 is 23.5. The normalized spacial score (nSPS) is 20.7. The number of carbonyl (C=O) groups excluding carboxylic acids is 1. The number of nitrogens with two attached hydrogens (primary N) is 2. The van der Waals surface area contributed by atoms with E-state index in [2.05, 4.69) is 9.97 Å². The third-order valence-corrected chi connectivity index (χ3v) is 6.61. The highest BCUT2D eigenvalue weighted by Crippen LogP contribution is 2.24. The van der Waals surface area contributed by atoms with Gasteiger partial charge in [0.25, 0.3) is 0 Å². The van der Waals surface area contributed by atoms with Crippen LogP contribution in [-0.2, 0) is 14.6 Å². The molecule has 24 heavy (non-hydrogen) atoms. The summed E-state index contributed by atoms with van der Waals surface area (Å²) in [6.07, 6.45) is 1.25. The highest BCUT2D eigenvalue weighted by atomic mass is 32.2. The van der Waals surface area contributed by atoms with Gasteiger partial charge >= 0.3 is 0 Å². The van der Waals surface area contributed by atoms with Crippen molar-refractivity contribution in [1.82, 2.24) is 14.9 Å². The predicted molar refractivity (Wildman–Crippen MR) is 95.2 cm³/mol. The Labute approximate surface area is 146 Å². The zero-order valence-electron chi connectivity index (χ0n) is 13.8. The van der Waals surface area contributed by atoms with E-state index in [4.69, 9.17) is 11.5 Å². The standard InChI is InChI=1S/C14H23N5O3S2/c1-3-9(2)19(10-4-5-24(21,22)8-10)13(20)7-23-14-17-11(15)6-12(16)18-14/h6,9-10H,3-5,7-8H2,1-2H3,(H4,15,16,17,18). The van der Waals surface area contributed by atoms with Gasteiger partial charge in [0.05, 0.1) is 17.3 Å². The van der Waals surface area contributed by atoms with Crippen molar-refractivity contribution in [3.05, 3.63) is 6.07 Å². The molecule has 0 radical (unpaired) electrons. The van der Waals surface area contributed by atoms with Crippen LogP contribution in [0.3, 0.4) is 0 Å². The summed E-state index contributed by atoms with van der Waals surface area (Å²) in [7, 11) is -3.05. The average Bonchev–Trinajstić information content (AvgIpc) is 2.84. The van der Waals surface area contributed by atoms with E-state index in [1.165, 1.54) is 6.07 Å². The zero-order chi connectivity index (χ0) is 17.9. The summed E-state index contributed by atoms with van der Waals surface area (Å²) in [5, 5.41) is 0.337. The number of nitrogen functional groups attached to an aromatic ring is 2. The molecule has 10 heteroatoms. The number of amides is 1. The lowest BCUT2D eigenvalue weighted by atomic mass is 10.1. The molecule has 0 spiro atoms. The van der Waals surface area contributed by atoms with Gasteiger partial charge in [-0.1, -0.05) is 18.7 Å². The molecule has 0 saturated carbocycles. The summed E-state index contributed by atoms with van der Waals surface area (Å²) in [4.78, 5) is 22.4. The lowest BCUT2D eigenvalue weighted by Crippen LogP contribution is -2.47. The fourth-order valence-corrected chi connectivity index (χ4v) is 5.18. The van der Waals surface area contributed by atoms with Crippen LogP contribution < -0.4 is 11.5 Å². The van der Waals surface area contributed by atoms with Crippen molar-refractivity contribution in [1.29, 1.82) is 0 Å². The van der Waals surface area contributed by atoms with Crippen LogP contribution in [0.4, 0.5) is 11.6 Å². The third-order valence-electron chi connectivity index (χ3n) is 4.03. The van der Waals surface area contributed by atoms with E-state index in [-0.39, 0.29) is 46.9 Å². The molecule has 4 N–H and O–H groups in total. The van der Waals surface area contributed by atoms with Crippen LogP contribution in [0.1, 0.15) is 26.7 Å². The Kier molecular flexibility index (Phi) is 5.92. The van der Waals surface area contributed by atoms with E-state index >= 15 is 0 Å². The molecule has 0 aromatic carbocycles. The predicted octanol–water partition coefficient (Wildman–Crippen LogP) is 0.547. The highest BCUT2D eigenvalue weighted by molar-refractivity contribution is 7.99. The lowest BCUT2D eigenvalue weighted by molar-refractivity contribution is -0.132. The summed E-state index contributed by atoms with van der Waals surface area (Å²) in [5.41, 5.74) is 11.2. The van der Waals surface area contributed by atoms with Gasteiger partial charge in [-0.2, -0.15) is 0 Å². The van der Waals surface area contributed by atoms with Crippen LogP contribution in [-0.4, -0.2) is 58.5 Å². The van der Waals surface area contributed by atoms with E-state index in [0.717, 1.165) is 18.2 Å². The smallest absolute Gasteiger partial charge is 0.233 e. The lowest BCUT2D eigenvalue weighted by Gasteiger charge is -2.33. The molecule has 8 nitrogen and oxygen atoms in total. The van der Waals surface area contributed by atoms with Gasteiger partial charge in [-0.25, -0.2) is 18.4 Å². The zero-order valence-corrected chi connectivity index (χ0v) is 15.4. The summed E-state index contributed by atoms with van der Waals surface area (Å²) in [6, 6.07) is 1.16. The topological polar surface area (TPSA) is 132 Å². The van der Waals surface area contributed by atoms with Gasteiger partial charge in [-0.3, -0.25) is 4.79 Å². The molecule has 1 aromatic rings. The van der Waals surface area contributed by atoms with Crippen molar-refractivity contribution in [2.24, 2.45) is 0 Å². The molecule has 2 rings (SSSR count). The van der Waals surface area contributed by atoms with Crippen LogP contribution in [0, 0.1) is 0 Å². The van der Waals surface area contributed by atoms with Crippen LogP contribution in [0.5, 0.6) is 0 Å². The first-order valence-electron chi connectivity index (χ1n) is 7.76. The van der Waals surface area contributed by atoms with Crippen LogP contribution >= 0.6 is 11.8 Å². The van der Waals surface area contributed by atoms with Gasteiger partial charge < -0.3 is 16.4 Å². The number of rotatable bonds is 6. The minimum atomic E-state index is -3.05. The minimum Gasteiger partial charge on any atom is -0.383 e. The molecular weight excluding hydrogens is 350 g/mol. The molecule has 1 fully saturated rings. The summed E-state index contributed by atoms with van der Waals surface area (Å²) in [6.45, 7) is 3.91. The maximum atomic E-state index is 12.7. The van der Waals surface area contributed by atoms with Crippen molar-refractivity contribution in [2.45, 2.75) is 43.9 Å². The second-order valence-electron chi connectivity index (χ2n) is 5.90. The fraction of sp³-hybridized carbons (Fsp3) is 0.643. The third kappa shape index (κ3) is 4.73. The Morgan fingerprint density at radius 3 is 2.54 bits per heavy atom. The maximum absolute atomic E-state index is 12.7. The molecule has 1 aliphatic rings. The van der Waals surface area contributed by atoms with Crippen LogP contribution in [0.2, 0.25) is 0 Å². The SMILES string of the molecule is CCC(C)N(C(=O)CSc1nc(N)cc(N)n1)C1CCS(=O)(=O)C1. The number of hydrogen-bond donors (Lipinski definition) is 2. The summed E-state index contributed by atoms with van der Waals surface area (Å²) in [5.74, 6) is 0.663. The van der Waals surface area contributed by atoms with Gasteiger partial charge in [0.1, 0.15) is 11.6 Å². The Hall–Kier alpha value is -1.55. The van der Waals surface area contributed by atoms with E-state index < -0.39 is 9.84 Å². The Morgan fingerprint density at radius 1 is 1.42 bits per heavy atom. The average molecular weight is 374 g/mol. The molecule has 1 aromatic heterocycles. The second-order valence-corrected chi connectivity index (χ2v) is 9.08. The van der Waals surface area contributed by atoms with E-state index in [1.807, 2.05) is 13.8 Å². The van der Waals surface area contributed by atoms with Gasteiger partial charge in [-0.15, -0.1) is 0 Å². The number of carbonyl (C=O) groups is 1. The molecule has 2 atom stereocenters. The number of aromatic nitrogens is 2. The van der Waals surface area contributed by atoms with Crippen molar-refractivity contribution < 1.29 is 13.2 Å². The first kappa shape index (κ1) is 18.8. The van der Waals surface area contributed by atoms with Gasteiger partial charge in [0, 0.05) is 18.2 Å². The number of sulfone groups is 1. The largest absolute Gasteiger partial charge is 0.383 e. The monoisotopic (exact) mass is 373 g/mol. The number of hydrogen-bond acceptors (Lipinski definition) is 8. The molecule has 134 valence electrons. The van der Waals surface area contributed by atoms with Gasteiger partial charge in [-0.05, 0) is 19.8 Å². The van der Waals surface area contributed by atoms with Crippen molar-refractivity contribution >= 4 is 39.1 Å². The summed E-state index contributed by atoms with van der Waals surface area (Å²) >= 11 is 1.15.